The van der Waals surface area contributed by atoms with E-state index in [1.165, 1.54) is 47.4 Å². The number of aliphatic hydroxyl groups excluding tert-OH is 3. The molecule has 6 rings (SSSR count). The van der Waals surface area contributed by atoms with Crippen LogP contribution in [0.3, 0.4) is 0 Å². The molecule has 0 bridgehead atoms. The maximum absolute atomic E-state index is 13.8. The van der Waals surface area contributed by atoms with E-state index >= 15 is 0 Å². The Kier molecular flexibility index (Phi) is 10.4. The maximum atomic E-state index is 13.8. The first-order valence-electron chi connectivity index (χ1n) is 15.6. The van der Waals surface area contributed by atoms with Crippen LogP contribution in [0.2, 0.25) is 0 Å². The fourth-order valence-corrected chi connectivity index (χ4v) is 6.57. The smallest absolute Gasteiger partial charge is 0.356 e. The van der Waals surface area contributed by atoms with Crippen LogP contribution in [0.5, 0.6) is 5.75 Å². The highest BCUT2D eigenvalue weighted by Gasteiger charge is 2.52. The first kappa shape index (κ1) is 36.3. The van der Waals surface area contributed by atoms with E-state index < -0.39 is 80.9 Å². The fraction of sp³-hybridized carbons (Fsp3) is 0.257. The van der Waals surface area contributed by atoms with Gasteiger partial charge in [0.2, 0.25) is 0 Å². The maximum Gasteiger partial charge on any atom is 0.356 e. The third-order valence-corrected chi connectivity index (χ3v) is 9.72. The zero-order valence-electron chi connectivity index (χ0n) is 26.4. The van der Waals surface area contributed by atoms with Crippen molar-refractivity contribution in [2.24, 2.45) is 0 Å². The van der Waals surface area contributed by atoms with Crippen LogP contribution in [-0.4, -0.2) is 90.6 Å². The Morgan fingerprint density at radius 1 is 0.882 bits per heavy atom. The quantitative estimate of drug-likeness (QED) is 0.0871. The molecule has 0 aromatic heterocycles. The van der Waals surface area contributed by atoms with Crippen LogP contribution >= 0.6 is 7.60 Å². The van der Waals surface area contributed by atoms with E-state index in [0.717, 1.165) is 12.1 Å². The van der Waals surface area contributed by atoms with Crippen molar-refractivity contribution in [2.75, 3.05) is 11.5 Å². The van der Waals surface area contributed by atoms with E-state index in [0.29, 0.717) is 22.4 Å². The van der Waals surface area contributed by atoms with Gasteiger partial charge in [-0.05, 0) is 59.2 Å². The van der Waals surface area contributed by atoms with Crippen LogP contribution in [0.1, 0.15) is 23.3 Å². The number of ether oxygens (including phenoxy) is 3. The Morgan fingerprint density at radius 3 is 2.14 bits per heavy atom. The van der Waals surface area contributed by atoms with Gasteiger partial charge >= 0.3 is 13.6 Å². The number of hydrogen-bond acceptors (Lipinski definition) is 10. The van der Waals surface area contributed by atoms with Crippen molar-refractivity contribution in [3.63, 3.8) is 0 Å². The predicted molar refractivity (Wildman–Crippen MR) is 176 cm³/mol. The SMILES string of the molecule is O=C(O)C1O[C@@H](O[C@@H](CO[C@H]2C(=O)N(c3ccccc3)[C@@H]2c2ccc(-c3ccc(P(=O)(O)O)cc3)cc2O)c2ccc(F)cc2)C(O)[C@@H](O)[C@@H]1O. The average Bonchev–Trinajstić information content (AvgIpc) is 3.10. The summed E-state index contributed by atoms with van der Waals surface area (Å²) in [5, 5.41) is 51.6. The van der Waals surface area contributed by atoms with Crippen molar-refractivity contribution in [2.45, 2.75) is 49.0 Å². The monoisotopic (exact) mass is 725 g/mol. The molecule has 4 aromatic carbocycles. The van der Waals surface area contributed by atoms with Gasteiger partial charge in [-0.3, -0.25) is 14.3 Å². The second kappa shape index (κ2) is 14.6. The minimum Gasteiger partial charge on any atom is -0.508 e. The number of phenolic OH excluding ortho intramolecular Hbond substituents is 1. The molecule has 8 atom stereocenters. The van der Waals surface area contributed by atoms with E-state index in [4.69, 9.17) is 14.2 Å². The molecule has 2 unspecified atom stereocenters. The number of β-lactam (4-membered cyclic amide) rings is 1. The van der Waals surface area contributed by atoms with Crippen LogP contribution in [-0.2, 0) is 28.4 Å². The average molecular weight is 726 g/mol. The molecule has 0 radical (unpaired) electrons. The van der Waals surface area contributed by atoms with Gasteiger partial charge in [-0.1, -0.05) is 54.6 Å². The minimum absolute atomic E-state index is 0.165. The third-order valence-electron chi connectivity index (χ3n) is 8.75. The van der Waals surface area contributed by atoms with E-state index in [1.54, 1.807) is 42.5 Å². The lowest BCUT2D eigenvalue weighted by Crippen LogP contribution is -2.61. The Morgan fingerprint density at radius 2 is 1.53 bits per heavy atom. The summed E-state index contributed by atoms with van der Waals surface area (Å²) in [6.07, 6.45) is -12.0. The Hall–Kier alpha value is -4.54. The number of hydrogen-bond donors (Lipinski definition) is 7. The number of anilines is 1. The lowest BCUT2D eigenvalue weighted by atomic mass is 9.88. The molecule has 14 nitrogen and oxygen atoms in total. The summed E-state index contributed by atoms with van der Waals surface area (Å²) in [6.45, 7) is -0.436. The summed E-state index contributed by atoms with van der Waals surface area (Å²) < 4.78 is 42.7. The van der Waals surface area contributed by atoms with E-state index in [-0.39, 0.29) is 16.6 Å². The fourth-order valence-electron chi connectivity index (χ4n) is 6.03. The van der Waals surface area contributed by atoms with E-state index in [1.807, 2.05) is 0 Å². The summed E-state index contributed by atoms with van der Waals surface area (Å²) in [5.74, 6) is -2.90. The molecule has 7 N–H and O–H groups in total. The van der Waals surface area contributed by atoms with Crippen LogP contribution in [0, 0.1) is 5.82 Å². The summed E-state index contributed by atoms with van der Waals surface area (Å²) in [4.78, 5) is 45.6. The second-order valence-electron chi connectivity index (χ2n) is 12.0. The molecular weight excluding hydrogens is 692 g/mol. The van der Waals surface area contributed by atoms with Gasteiger partial charge in [0.05, 0.1) is 11.9 Å². The van der Waals surface area contributed by atoms with Crippen LogP contribution < -0.4 is 10.2 Å². The molecule has 16 heteroatoms. The molecule has 0 spiro atoms. The molecule has 2 heterocycles. The van der Waals surface area contributed by atoms with Crippen molar-refractivity contribution < 1.29 is 68.1 Å². The summed E-state index contributed by atoms with van der Waals surface area (Å²) in [6, 6.07) is 22.9. The number of carbonyl (C=O) groups is 2. The van der Waals surface area contributed by atoms with Crippen molar-refractivity contribution in [1.29, 1.82) is 0 Å². The first-order valence-corrected chi connectivity index (χ1v) is 17.2. The number of rotatable bonds is 11. The summed E-state index contributed by atoms with van der Waals surface area (Å²) in [7, 11) is -4.46. The van der Waals surface area contributed by atoms with Gasteiger partial charge in [0.15, 0.2) is 18.5 Å². The molecule has 2 aliphatic rings. The molecule has 4 aromatic rings. The lowest BCUT2D eigenvalue weighted by Gasteiger charge is -2.47. The van der Waals surface area contributed by atoms with Crippen molar-refractivity contribution in [3.8, 4) is 16.9 Å². The molecule has 268 valence electrons. The minimum atomic E-state index is -4.46. The molecule has 2 aliphatic heterocycles. The Balaban J connectivity index is 1.29. The van der Waals surface area contributed by atoms with Crippen molar-refractivity contribution >= 4 is 30.5 Å². The topological polar surface area (TPSA) is 224 Å². The number of amides is 1. The highest BCUT2D eigenvalue weighted by atomic mass is 31.2. The van der Waals surface area contributed by atoms with Gasteiger partial charge in [0.25, 0.3) is 5.91 Å². The molecule has 2 fully saturated rings. The number of carbonyl (C=O) groups excluding carboxylic acids is 1. The lowest BCUT2D eigenvalue weighted by molar-refractivity contribution is -0.309. The number of halogens is 1. The number of aliphatic hydroxyl groups is 3. The first-order chi connectivity index (χ1) is 24.2. The van der Waals surface area contributed by atoms with E-state index in [2.05, 4.69) is 0 Å². The Bertz CT molecular complexity index is 1920. The van der Waals surface area contributed by atoms with Crippen molar-refractivity contribution in [3.05, 3.63) is 114 Å². The normalized spacial score (nSPS) is 25.6. The number of aromatic hydroxyl groups is 1. The van der Waals surface area contributed by atoms with Crippen LogP contribution in [0.4, 0.5) is 10.1 Å². The number of para-hydroxylation sites is 1. The molecule has 51 heavy (non-hydrogen) atoms. The zero-order chi connectivity index (χ0) is 36.6. The number of carboxylic acid groups (broad SMARTS) is 1. The zero-order valence-corrected chi connectivity index (χ0v) is 27.3. The summed E-state index contributed by atoms with van der Waals surface area (Å²) >= 11 is 0. The molecule has 0 aliphatic carbocycles. The molecular formula is C35H33FNO13P. The molecule has 1 amide bonds. The Labute approximate surface area is 289 Å². The third kappa shape index (κ3) is 7.44. The van der Waals surface area contributed by atoms with Gasteiger partial charge in [0, 0.05) is 11.3 Å². The largest absolute Gasteiger partial charge is 0.508 e. The predicted octanol–water partition coefficient (Wildman–Crippen LogP) is 2.12. The highest BCUT2D eigenvalue weighted by Crippen LogP contribution is 2.45. The standard InChI is InChI=1S/C35H33FNO13P/c36-21-11-6-19(7-12-21)26(49-35-30(41)28(39)29(40)32(50-35)34(43)44)17-48-31-27(37(33(31)42)22-4-2-1-3-5-22)24-15-10-20(16-25(24)38)18-8-13-23(14-9-18)51(45,46)47/h1-16,26-32,35,38-41H,17H2,(H,43,44)(H2,45,46,47)/t26-,27+,28-,29-,30?,31+,32?,35+/m0/s1. The van der Waals surface area contributed by atoms with Crippen LogP contribution in [0.25, 0.3) is 11.1 Å². The van der Waals surface area contributed by atoms with E-state index in [9.17, 15) is 53.9 Å². The van der Waals surface area contributed by atoms with Crippen molar-refractivity contribution in [1.82, 2.24) is 0 Å². The van der Waals surface area contributed by atoms with Gasteiger partial charge in [-0.15, -0.1) is 0 Å². The van der Waals surface area contributed by atoms with Gasteiger partial charge in [-0.2, -0.15) is 0 Å². The molecule has 0 saturated carbocycles. The summed E-state index contributed by atoms with van der Waals surface area (Å²) in [5.41, 5.74) is 2.15. The van der Waals surface area contributed by atoms with Gasteiger partial charge in [0.1, 0.15) is 42.0 Å². The number of carboxylic acids is 1. The second-order valence-corrected chi connectivity index (χ2v) is 13.6. The van der Waals surface area contributed by atoms with Gasteiger partial charge in [-0.25, -0.2) is 9.18 Å². The number of benzene rings is 4. The number of phenols is 1. The van der Waals surface area contributed by atoms with Crippen LogP contribution in [0.15, 0.2) is 97.1 Å². The highest BCUT2D eigenvalue weighted by molar-refractivity contribution is 7.60. The molecule has 2 saturated heterocycles. The van der Waals surface area contributed by atoms with Gasteiger partial charge < -0.3 is 49.5 Å². The number of nitrogens with zero attached hydrogens (tertiary/aromatic N) is 1. The number of aliphatic carboxylic acids is 1.